The Labute approximate surface area is 126 Å². The smallest absolute Gasteiger partial charge is 0.324 e. The Morgan fingerprint density at radius 3 is 2.71 bits per heavy atom. The third-order valence-electron chi connectivity index (χ3n) is 4.16. The highest BCUT2D eigenvalue weighted by Crippen LogP contribution is 2.24. The van der Waals surface area contributed by atoms with Crippen LogP contribution in [-0.4, -0.2) is 65.9 Å². The van der Waals surface area contributed by atoms with Gasteiger partial charge in [-0.25, -0.2) is 0 Å². The Balaban J connectivity index is 1.58. The van der Waals surface area contributed by atoms with Crippen molar-refractivity contribution in [1.29, 1.82) is 0 Å². The van der Waals surface area contributed by atoms with Gasteiger partial charge in [-0.2, -0.15) is 0 Å². The van der Waals surface area contributed by atoms with E-state index in [4.69, 9.17) is 0 Å². The Morgan fingerprint density at radius 1 is 1.38 bits per heavy atom. The summed E-state index contributed by atoms with van der Waals surface area (Å²) in [6, 6.07) is 1.96. The molecule has 2 aliphatic heterocycles. The summed E-state index contributed by atoms with van der Waals surface area (Å²) in [5.74, 6) is -0.0939. The number of amides is 1. The molecule has 1 unspecified atom stereocenters. The van der Waals surface area contributed by atoms with E-state index >= 15 is 0 Å². The van der Waals surface area contributed by atoms with Crippen LogP contribution >= 0.6 is 11.3 Å². The van der Waals surface area contributed by atoms with Gasteiger partial charge in [0.2, 0.25) is 0 Å². The minimum absolute atomic E-state index is 0.0222. The van der Waals surface area contributed by atoms with Gasteiger partial charge < -0.3 is 10.2 Å². The molecule has 21 heavy (non-hydrogen) atoms. The number of carbonyl (C=O) groups excluding carboxylic acids is 1. The summed E-state index contributed by atoms with van der Waals surface area (Å²) in [6.07, 6.45) is 1.17. The fourth-order valence-corrected chi connectivity index (χ4v) is 3.65. The maximum absolute atomic E-state index is 12.3. The maximum Gasteiger partial charge on any atom is 0.324 e. The van der Waals surface area contributed by atoms with Crippen molar-refractivity contribution in [3.63, 3.8) is 0 Å². The average molecular weight is 310 g/mol. The molecule has 2 aliphatic rings. The van der Waals surface area contributed by atoms with Gasteiger partial charge in [0.1, 0.15) is 0 Å². The van der Waals surface area contributed by atoms with Gasteiger partial charge in [0.15, 0.2) is 0 Å². The van der Waals surface area contributed by atoms with E-state index in [1.54, 1.807) is 10.3 Å². The van der Waals surface area contributed by atoms with Crippen LogP contribution in [0.15, 0.2) is 11.4 Å². The summed E-state index contributed by atoms with van der Waals surface area (Å²) >= 11 is 1.01. The molecule has 0 spiro atoms. The highest BCUT2D eigenvalue weighted by atomic mass is 32.1. The van der Waals surface area contributed by atoms with E-state index < -0.39 is 4.92 Å². The molecule has 3 heterocycles. The van der Waals surface area contributed by atoms with E-state index in [0.717, 1.165) is 37.5 Å². The summed E-state index contributed by atoms with van der Waals surface area (Å²) in [5, 5.41) is 15.6. The van der Waals surface area contributed by atoms with Crippen LogP contribution in [0.1, 0.15) is 16.8 Å². The first-order chi connectivity index (χ1) is 10.1. The molecule has 1 amide bonds. The largest absolute Gasteiger partial charge is 0.336 e. The number of nitrogens with one attached hydrogen (secondary N) is 1. The summed E-state index contributed by atoms with van der Waals surface area (Å²) in [5.41, 5.74) is 0.433. The maximum atomic E-state index is 12.3. The van der Waals surface area contributed by atoms with E-state index in [1.165, 1.54) is 12.5 Å². The molecule has 8 heteroatoms. The molecular formula is C13H18N4O3S. The van der Waals surface area contributed by atoms with Crippen LogP contribution in [0.2, 0.25) is 0 Å². The number of nitrogens with zero attached hydrogens (tertiary/aromatic N) is 3. The second-order valence-electron chi connectivity index (χ2n) is 5.41. The van der Waals surface area contributed by atoms with Crippen LogP contribution in [-0.2, 0) is 0 Å². The van der Waals surface area contributed by atoms with E-state index in [0.29, 0.717) is 24.7 Å². The zero-order valence-electron chi connectivity index (χ0n) is 11.7. The number of piperazine rings is 1. The van der Waals surface area contributed by atoms with Gasteiger partial charge in [0.25, 0.3) is 5.91 Å². The number of hydrogen-bond acceptors (Lipinski definition) is 6. The van der Waals surface area contributed by atoms with Crippen molar-refractivity contribution in [3.8, 4) is 0 Å². The third-order valence-corrected chi connectivity index (χ3v) is 5.04. The molecule has 7 nitrogen and oxygen atoms in total. The van der Waals surface area contributed by atoms with Crippen LogP contribution in [0.5, 0.6) is 0 Å². The standard InChI is InChI=1S/C13H18N4O3S/c18-13(10-7-12(17(19)20)21-9-10)16-5-3-15(4-6-16)11-1-2-14-8-11/h7,9,11,14H,1-6,8H2. The lowest BCUT2D eigenvalue weighted by Gasteiger charge is -2.37. The van der Waals surface area contributed by atoms with Crippen LogP contribution in [0.25, 0.3) is 0 Å². The van der Waals surface area contributed by atoms with Crippen molar-refractivity contribution >= 4 is 22.2 Å². The molecule has 1 aromatic heterocycles. The Hall–Kier alpha value is -1.51. The van der Waals surface area contributed by atoms with Crippen molar-refractivity contribution in [2.75, 3.05) is 39.3 Å². The van der Waals surface area contributed by atoms with Crippen LogP contribution in [0.3, 0.4) is 0 Å². The van der Waals surface area contributed by atoms with Gasteiger partial charge in [-0.3, -0.25) is 19.8 Å². The first-order valence-corrected chi connectivity index (χ1v) is 8.00. The molecule has 0 radical (unpaired) electrons. The Kier molecular flexibility index (Phi) is 4.18. The molecule has 1 aromatic rings. The highest BCUT2D eigenvalue weighted by molar-refractivity contribution is 7.13. The molecule has 0 saturated carbocycles. The number of carbonyl (C=O) groups is 1. The lowest BCUT2D eigenvalue weighted by atomic mass is 10.1. The predicted octanol–water partition coefficient (Wildman–Crippen LogP) is 0.776. The molecule has 2 fully saturated rings. The molecule has 114 valence electrons. The topological polar surface area (TPSA) is 78.7 Å². The zero-order valence-corrected chi connectivity index (χ0v) is 12.5. The molecule has 0 bridgehead atoms. The van der Waals surface area contributed by atoms with Gasteiger partial charge in [-0.15, -0.1) is 0 Å². The van der Waals surface area contributed by atoms with Crippen molar-refractivity contribution in [2.45, 2.75) is 12.5 Å². The quantitative estimate of drug-likeness (QED) is 0.659. The molecule has 0 aromatic carbocycles. The summed E-state index contributed by atoms with van der Waals surface area (Å²) < 4.78 is 0. The number of nitro groups is 1. The molecule has 1 N–H and O–H groups in total. The molecule has 0 aliphatic carbocycles. The van der Waals surface area contributed by atoms with Crippen LogP contribution in [0.4, 0.5) is 5.00 Å². The first-order valence-electron chi connectivity index (χ1n) is 7.12. The summed E-state index contributed by atoms with van der Waals surface area (Å²) in [6.45, 7) is 5.25. The van der Waals surface area contributed by atoms with Gasteiger partial charge >= 0.3 is 5.00 Å². The minimum atomic E-state index is -0.452. The number of thiophene rings is 1. The number of hydrogen-bond donors (Lipinski definition) is 1. The SMILES string of the molecule is O=C(c1csc([N+](=O)[O-])c1)N1CCN(C2CCNC2)CC1. The molecule has 3 rings (SSSR count). The van der Waals surface area contributed by atoms with Crippen molar-refractivity contribution in [1.82, 2.24) is 15.1 Å². The van der Waals surface area contributed by atoms with Crippen molar-refractivity contribution in [2.24, 2.45) is 0 Å². The fourth-order valence-electron chi connectivity index (χ4n) is 2.96. The Morgan fingerprint density at radius 2 is 2.14 bits per heavy atom. The van der Waals surface area contributed by atoms with Crippen LogP contribution in [0, 0.1) is 10.1 Å². The van der Waals surface area contributed by atoms with Crippen molar-refractivity contribution < 1.29 is 9.72 Å². The lowest BCUT2D eigenvalue weighted by molar-refractivity contribution is -0.380. The van der Waals surface area contributed by atoms with E-state index in [-0.39, 0.29) is 10.9 Å². The Bertz CT molecular complexity index is 533. The summed E-state index contributed by atoms with van der Waals surface area (Å²) in [7, 11) is 0. The normalized spacial score (nSPS) is 23.4. The lowest BCUT2D eigenvalue weighted by Crippen LogP contribution is -2.52. The van der Waals surface area contributed by atoms with Crippen molar-refractivity contribution in [3.05, 3.63) is 27.1 Å². The minimum Gasteiger partial charge on any atom is -0.336 e. The first kappa shape index (κ1) is 14.4. The van der Waals surface area contributed by atoms with E-state index in [1.807, 2.05) is 0 Å². The highest BCUT2D eigenvalue weighted by Gasteiger charge is 2.28. The van der Waals surface area contributed by atoms with E-state index in [2.05, 4.69) is 10.2 Å². The van der Waals surface area contributed by atoms with E-state index in [9.17, 15) is 14.9 Å². The number of rotatable bonds is 3. The molecule has 2 saturated heterocycles. The third kappa shape index (κ3) is 3.07. The fraction of sp³-hybridized carbons (Fsp3) is 0.615. The van der Waals surface area contributed by atoms with Crippen LogP contribution < -0.4 is 5.32 Å². The molecular weight excluding hydrogens is 292 g/mol. The molecule has 1 atom stereocenters. The second-order valence-corrected chi connectivity index (χ2v) is 6.30. The second kappa shape index (κ2) is 6.08. The average Bonchev–Trinajstić information content (AvgIpc) is 3.18. The monoisotopic (exact) mass is 310 g/mol. The summed E-state index contributed by atoms with van der Waals surface area (Å²) in [4.78, 5) is 26.8. The predicted molar refractivity (Wildman–Crippen MR) is 79.7 cm³/mol. The van der Waals surface area contributed by atoms with Gasteiger partial charge in [-0.05, 0) is 13.0 Å². The van der Waals surface area contributed by atoms with Gasteiger partial charge in [0, 0.05) is 50.2 Å². The van der Waals surface area contributed by atoms with Gasteiger partial charge in [0.05, 0.1) is 10.5 Å². The van der Waals surface area contributed by atoms with Gasteiger partial charge in [-0.1, -0.05) is 11.3 Å². The zero-order chi connectivity index (χ0) is 14.8.